The Morgan fingerprint density at radius 3 is 2.52 bits per heavy atom. The Balaban J connectivity index is 1.85. The van der Waals surface area contributed by atoms with Crippen molar-refractivity contribution in [2.45, 2.75) is 33.7 Å². The number of carbonyl (C=O) groups is 3. The van der Waals surface area contributed by atoms with Gasteiger partial charge in [0.15, 0.2) is 0 Å². The lowest BCUT2D eigenvalue weighted by atomic mass is 10.1. The Morgan fingerprint density at radius 1 is 1.12 bits per heavy atom. The average molecular weight is 338 g/mol. The highest BCUT2D eigenvalue weighted by Crippen LogP contribution is 2.26. The molecule has 3 rings (SSSR count). The summed E-state index contributed by atoms with van der Waals surface area (Å²) >= 11 is 0. The van der Waals surface area contributed by atoms with E-state index in [0.717, 1.165) is 10.5 Å². The number of aryl methyl sites for hydroxylation is 3. The van der Waals surface area contributed by atoms with E-state index in [0.29, 0.717) is 28.3 Å². The molecule has 25 heavy (non-hydrogen) atoms. The van der Waals surface area contributed by atoms with Gasteiger partial charge in [0, 0.05) is 11.8 Å². The summed E-state index contributed by atoms with van der Waals surface area (Å²) in [6, 6.07) is 4.10. The van der Waals surface area contributed by atoms with Crippen LogP contribution in [0.4, 0.5) is 5.82 Å². The third-order valence-corrected chi connectivity index (χ3v) is 4.17. The third-order valence-electron chi connectivity index (χ3n) is 4.17. The van der Waals surface area contributed by atoms with Crippen molar-refractivity contribution >= 4 is 23.5 Å². The van der Waals surface area contributed by atoms with Crippen LogP contribution in [0.3, 0.4) is 0 Å². The predicted octanol–water partition coefficient (Wildman–Crippen LogP) is 2.03. The summed E-state index contributed by atoms with van der Waals surface area (Å²) in [6.07, 6.45) is 1.60. The van der Waals surface area contributed by atoms with Crippen molar-refractivity contribution < 1.29 is 14.4 Å². The summed E-state index contributed by atoms with van der Waals surface area (Å²) in [5.41, 5.74) is 2.23. The fourth-order valence-corrected chi connectivity index (χ4v) is 2.72. The molecular weight excluding hydrogens is 320 g/mol. The van der Waals surface area contributed by atoms with Gasteiger partial charge in [0.05, 0.1) is 11.1 Å². The number of nitrogens with zero attached hydrogens (tertiary/aromatic N) is 3. The van der Waals surface area contributed by atoms with Crippen LogP contribution in [-0.2, 0) is 4.79 Å². The highest BCUT2D eigenvalue weighted by atomic mass is 16.2. The smallest absolute Gasteiger partial charge is 0.262 e. The number of anilines is 1. The number of rotatable bonds is 3. The maximum atomic E-state index is 12.6. The van der Waals surface area contributed by atoms with Crippen molar-refractivity contribution in [2.24, 2.45) is 0 Å². The van der Waals surface area contributed by atoms with Crippen molar-refractivity contribution in [3.8, 4) is 0 Å². The van der Waals surface area contributed by atoms with Crippen LogP contribution in [0.1, 0.15) is 44.6 Å². The summed E-state index contributed by atoms with van der Waals surface area (Å²) in [5.74, 6) is -0.505. The first-order chi connectivity index (χ1) is 11.8. The first-order valence-electron chi connectivity index (χ1n) is 7.89. The van der Waals surface area contributed by atoms with E-state index >= 15 is 0 Å². The number of aromatic nitrogens is 2. The number of hydrogen-bond acceptors (Lipinski definition) is 5. The molecule has 7 heteroatoms. The molecule has 1 atom stereocenters. The van der Waals surface area contributed by atoms with Crippen LogP contribution < -0.4 is 5.32 Å². The molecule has 2 heterocycles. The SMILES string of the molecule is Cc1ccc2c(c1)C(=O)N(C(C)C(=O)Nc1nc(C)ncc1C)C2=O. The first-order valence-corrected chi connectivity index (χ1v) is 7.89. The zero-order chi connectivity index (χ0) is 18.3. The number of fused-ring (bicyclic) bond motifs is 1. The van der Waals surface area contributed by atoms with E-state index < -0.39 is 23.8 Å². The maximum Gasteiger partial charge on any atom is 0.262 e. The Morgan fingerprint density at radius 2 is 1.80 bits per heavy atom. The van der Waals surface area contributed by atoms with Gasteiger partial charge in [-0.2, -0.15) is 0 Å². The van der Waals surface area contributed by atoms with Gasteiger partial charge < -0.3 is 5.32 Å². The van der Waals surface area contributed by atoms with E-state index in [4.69, 9.17) is 0 Å². The minimum atomic E-state index is -0.956. The Bertz CT molecular complexity index is 907. The molecule has 1 aromatic heterocycles. The van der Waals surface area contributed by atoms with Gasteiger partial charge in [0.2, 0.25) is 5.91 Å². The molecule has 1 N–H and O–H groups in total. The van der Waals surface area contributed by atoms with Crippen molar-refractivity contribution in [1.29, 1.82) is 0 Å². The molecular formula is C18H18N4O3. The van der Waals surface area contributed by atoms with Gasteiger partial charge in [-0.05, 0) is 39.8 Å². The molecule has 2 aromatic rings. The van der Waals surface area contributed by atoms with Crippen LogP contribution in [-0.4, -0.2) is 38.6 Å². The molecule has 3 amide bonds. The van der Waals surface area contributed by atoms with Crippen molar-refractivity contribution in [1.82, 2.24) is 14.9 Å². The zero-order valence-corrected chi connectivity index (χ0v) is 14.5. The van der Waals surface area contributed by atoms with Gasteiger partial charge in [-0.15, -0.1) is 0 Å². The standard InChI is InChI=1S/C18H18N4O3/c1-9-5-6-13-14(7-9)18(25)22(17(13)24)11(3)16(23)21-15-10(2)8-19-12(4)20-15/h5-8,11H,1-4H3,(H,19,20,21,23). The second-order valence-corrected chi connectivity index (χ2v) is 6.14. The minimum absolute atomic E-state index is 0.323. The van der Waals surface area contributed by atoms with E-state index in [1.54, 1.807) is 38.2 Å². The molecule has 7 nitrogen and oxygen atoms in total. The number of carbonyl (C=O) groups excluding carboxylic acids is 3. The monoisotopic (exact) mass is 338 g/mol. The van der Waals surface area contributed by atoms with Gasteiger partial charge in [-0.25, -0.2) is 9.97 Å². The van der Waals surface area contributed by atoms with E-state index in [9.17, 15) is 14.4 Å². The Hall–Kier alpha value is -3.09. The molecule has 0 aliphatic carbocycles. The van der Waals surface area contributed by atoms with Gasteiger partial charge in [-0.1, -0.05) is 11.6 Å². The molecule has 1 unspecified atom stereocenters. The molecule has 0 bridgehead atoms. The molecule has 1 aliphatic heterocycles. The summed E-state index contributed by atoms with van der Waals surface area (Å²) in [6.45, 7) is 6.85. The second-order valence-electron chi connectivity index (χ2n) is 6.14. The highest BCUT2D eigenvalue weighted by molar-refractivity contribution is 6.23. The fraction of sp³-hybridized carbons (Fsp3) is 0.278. The van der Waals surface area contributed by atoms with Crippen molar-refractivity contribution in [2.75, 3.05) is 5.32 Å². The topological polar surface area (TPSA) is 92.3 Å². The highest BCUT2D eigenvalue weighted by Gasteiger charge is 2.40. The maximum absolute atomic E-state index is 12.6. The van der Waals surface area contributed by atoms with Gasteiger partial charge in [0.1, 0.15) is 17.7 Å². The van der Waals surface area contributed by atoms with Crippen LogP contribution in [0.15, 0.2) is 24.4 Å². The van der Waals surface area contributed by atoms with Crippen molar-refractivity contribution in [3.05, 3.63) is 52.5 Å². The molecule has 0 spiro atoms. The molecule has 128 valence electrons. The summed E-state index contributed by atoms with van der Waals surface area (Å²) in [4.78, 5) is 46.9. The molecule has 0 fully saturated rings. The van der Waals surface area contributed by atoms with Gasteiger partial charge >= 0.3 is 0 Å². The largest absolute Gasteiger partial charge is 0.309 e. The first kappa shape index (κ1) is 16.8. The fourth-order valence-electron chi connectivity index (χ4n) is 2.72. The molecule has 1 aromatic carbocycles. The van der Waals surface area contributed by atoms with Crippen LogP contribution in [0.25, 0.3) is 0 Å². The lowest BCUT2D eigenvalue weighted by Crippen LogP contribution is -2.45. The molecule has 0 saturated carbocycles. The number of imide groups is 1. The Labute approximate surface area is 145 Å². The van der Waals surface area contributed by atoms with E-state index in [1.165, 1.54) is 6.92 Å². The lowest BCUT2D eigenvalue weighted by Gasteiger charge is -2.21. The lowest BCUT2D eigenvalue weighted by molar-refractivity contribution is -0.119. The number of hydrogen-bond donors (Lipinski definition) is 1. The number of nitrogens with one attached hydrogen (secondary N) is 1. The van der Waals surface area contributed by atoms with E-state index in [1.807, 2.05) is 6.92 Å². The van der Waals surface area contributed by atoms with Crippen LogP contribution in [0.2, 0.25) is 0 Å². The normalized spacial score (nSPS) is 14.5. The van der Waals surface area contributed by atoms with Gasteiger partial charge in [0.25, 0.3) is 11.8 Å². The van der Waals surface area contributed by atoms with E-state index in [-0.39, 0.29) is 0 Å². The zero-order valence-electron chi connectivity index (χ0n) is 14.5. The predicted molar refractivity (Wildman–Crippen MR) is 91.3 cm³/mol. The summed E-state index contributed by atoms with van der Waals surface area (Å²) < 4.78 is 0. The molecule has 1 aliphatic rings. The quantitative estimate of drug-likeness (QED) is 0.865. The summed E-state index contributed by atoms with van der Waals surface area (Å²) in [7, 11) is 0. The van der Waals surface area contributed by atoms with Crippen LogP contribution >= 0.6 is 0 Å². The third kappa shape index (κ3) is 2.88. The second kappa shape index (κ2) is 6.08. The van der Waals surface area contributed by atoms with Crippen molar-refractivity contribution in [3.63, 3.8) is 0 Å². The van der Waals surface area contributed by atoms with Crippen LogP contribution in [0, 0.1) is 20.8 Å². The molecule has 0 saturated heterocycles. The van der Waals surface area contributed by atoms with Crippen LogP contribution in [0.5, 0.6) is 0 Å². The average Bonchev–Trinajstić information content (AvgIpc) is 2.81. The minimum Gasteiger partial charge on any atom is -0.309 e. The molecule has 0 radical (unpaired) electrons. The number of amides is 3. The van der Waals surface area contributed by atoms with E-state index in [2.05, 4.69) is 15.3 Å². The summed E-state index contributed by atoms with van der Waals surface area (Å²) in [5, 5.41) is 2.67. The number of benzene rings is 1. The van der Waals surface area contributed by atoms with Gasteiger partial charge in [-0.3, -0.25) is 19.3 Å². The Kier molecular flexibility index (Phi) is 4.08.